The van der Waals surface area contributed by atoms with Crippen LogP contribution < -0.4 is 10.0 Å². The number of hydrogen-bond acceptors (Lipinski definition) is 5. The summed E-state index contributed by atoms with van der Waals surface area (Å²) in [4.78, 5) is 17.0. The fourth-order valence-corrected chi connectivity index (χ4v) is 3.32. The second-order valence-corrected chi connectivity index (χ2v) is 6.96. The van der Waals surface area contributed by atoms with E-state index < -0.39 is 10.0 Å². The van der Waals surface area contributed by atoms with Gasteiger partial charge in [0.05, 0.1) is 6.61 Å². The second kappa shape index (κ2) is 7.23. The van der Waals surface area contributed by atoms with Crippen LogP contribution in [0, 0.1) is 0 Å². The predicted molar refractivity (Wildman–Crippen MR) is 81.2 cm³/mol. The first-order valence-electron chi connectivity index (χ1n) is 7.14. The lowest BCUT2D eigenvalue weighted by Gasteiger charge is -2.33. The molecule has 2 rings (SSSR count). The van der Waals surface area contributed by atoms with Gasteiger partial charge in [-0.15, -0.1) is 0 Å². The largest absolute Gasteiger partial charge is 0.383 e. The molecule has 1 aromatic rings. The number of hydrogen-bond donors (Lipinski definition) is 3. The van der Waals surface area contributed by atoms with Crippen LogP contribution in [0.25, 0.3) is 0 Å². The van der Waals surface area contributed by atoms with Crippen molar-refractivity contribution in [2.24, 2.45) is 0 Å². The number of methoxy groups -OCH3 is 1. The normalized spacial score (nSPS) is 19.4. The lowest BCUT2D eigenvalue weighted by Crippen LogP contribution is -2.52. The first-order chi connectivity index (χ1) is 10.5. The highest BCUT2D eigenvalue weighted by Gasteiger charge is 2.26. The maximum absolute atomic E-state index is 12.4. The molecule has 22 heavy (non-hydrogen) atoms. The van der Waals surface area contributed by atoms with Crippen LogP contribution in [0.4, 0.5) is 0 Å². The van der Waals surface area contributed by atoms with Gasteiger partial charge < -0.3 is 19.9 Å². The molecule has 124 valence electrons. The first kappa shape index (κ1) is 16.9. The minimum atomic E-state index is -3.63. The van der Waals surface area contributed by atoms with Crippen molar-refractivity contribution < 1.29 is 17.9 Å². The summed E-state index contributed by atoms with van der Waals surface area (Å²) in [5, 5.41) is 3.21. The van der Waals surface area contributed by atoms with Gasteiger partial charge in [-0.3, -0.25) is 4.79 Å². The minimum Gasteiger partial charge on any atom is -0.383 e. The van der Waals surface area contributed by atoms with Crippen molar-refractivity contribution in [3.8, 4) is 0 Å². The van der Waals surface area contributed by atoms with E-state index in [0.717, 1.165) is 13.1 Å². The summed E-state index contributed by atoms with van der Waals surface area (Å²) >= 11 is 0. The molecule has 0 saturated carbocycles. The molecule has 9 heteroatoms. The van der Waals surface area contributed by atoms with Crippen LogP contribution in [0.1, 0.15) is 17.4 Å². The Labute approximate surface area is 130 Å². The van der Waals surface area contributed by atoms with E-state index in [2.05, 4.69) is 15.0 Å². The Morgan fingerprint density at radius 3 is 3.00 bits per heavy atom. The lowest BCUT2D eigenvalue weighted by atomic mass is 10.2. The zero-order valence-electron chi connectivity index (χ0n) is 12.8. The monoisotopic (exact) mass is 330 g/mol. The van der Waals surface area contributed by atoms with Gasteiger partial charge in [0.25, 0.3) is 5.91 Å². The SMILES string of the molecule is COCCNS(=O)(=O)c1c[nH]c(C(=O)N2CCNC[C@@H]2C)c1. The van der Waals surface area contributed by atoms with Gasteiger partial charge in [0.1, 0.15) is 10.6 Å². The highest BCUT2D eigenvalue weighted by atomic mass is 32.2. The Balaban J connectivity index is 2.08. The number of nitrogens with one attached hydrogen (secondary N) is 3. The number of aromatic nitrogens is 1. The third-order valence-corrected chi connectivity index (χ3v) is 5.00. The molecule has 0 radical (unpaired) electrons. The van der Waals surface area contributed by atoms with Gasteiger partial charge in [0.2, 0.25) is 10.0 Å². The molecule has 1 fully saturated rings. The van der Waals surface area contributed by atoms with E-state index in [4.69, 9.17) is 4.74 Å². The van der Waals surface area contributed by atoms with Gasteiger partial charge in [0.15, 0.2) is 0 Å². The molecule has 1 aliphatic rings. The summed E-state index contributed by atoms with van der Waals surface area (Å²) in [6, 6.07) is 1.44. The van der Waals surface area contributed by atoms with Gasteiger partial charge in [-0.25, -0.2) is 13.1 Å². The van der Waals surface area contributed by atoms with Gasteiger partial charge in [0, 0.05) is 45.5 Å². The first-order valence-corrected chi connectivity index (χ1v) is 8.62. The van der Waals surface area contributed by atoms with E-state index in [1.807, 2.05) is 6.92 Å². The van der Waals surface area contributed by atoms with Crippen molar-refractivity contribution in [2.75, 3.05) is 39.9 Å². The van der Waals surface area contributed by atoms with Crippen LogP contribution in [0.3, 0.4) is 0 Å². The molecule has 3 N–H and O–H groups in total. The molecule has 2 heterocycles. The molecule has 1 aromatic heterocycles. The number of aromatic amines is 1. The number of nitrogens with zero attached hydrogens (tertiary/aromatic N) is 1. The molecule has 0 bridgehead atoms. The van der Waals surface area contributed by atoms with E-state index in [-0.39, 0.29) is 35.7 Å². The summed E-state index contributed by atoms with van der Waals surface area (Å²) in [7, 11) is -2.14. The maximum atomic E-state index is 12.4. The molecule has 1 aliphatic heterocycles. The van der Waals surface area contributed by atoms with Crippen LogP contribution in [0.15, 0.2) is 17.2 Å². The molecule has 1 atom stereocenters. The third-order valence-electron chi connectivity index (χ3n) is 3.56. The van der Waals surface area contributed by atoms with Crippen LogP contribution in [0.5, 0.6) is 0 Å². The number of amides is 1. The van der Waals surface area contributed by atoms with E-state index in [1.54, 1.807) is 4.90 Å². The molecule has 0 spiro atoms. The highest BCUT2D eigenvalue weighted by Crippen LogP contribution is 2.14. The lowest BCUT2D eigenvalue weighted by molar-refractivity contribution is 0.0650. The summed E-state index contributed by atoms with van der Waals surface area (Å²) in [6.45, 7) is 4.50. The quantitative estimate of drug-likeness (QED) is 0.603. The number of carbonyl (C=O) groups excluding carboxylic acids is 1. The summed E-state index contributed by atoms with van der Waals surface area (Å²) < 4.78 is 31.3. The Morgan fingerprint density at radius 1 is 1.55 bits per heavy atom. The average molecular weight is 330 g/mol. The number of carbonyl (C=O) groups is 1. The van der Waals surface area contributed by atoms with Crippen molar-refractivity contribution in [3.05, 3.63) is 18.0 Å². The number of ether oxygens (including phenoxy) is 1. The maximum Gasteiger partial charge on any atom is 0.270 e. The summed E-state index contributed by atoms with van der Waals surface area (Å²) in [5.41, 5.74) is 0.279. The van der Waals surface area contributed by atoms with Crippen LogP contribution in [-0.4, -0.2) is 70.1 Å². The molecule has 1 amide bonds. The minimum absolute atomic E-state index is 0.0507. The van der Waals surface area contributed by atoms with E-state index in [0.29, 0.717) is 6.54 Å². The van der Waals surface area contributed by atoms with E-state index in [1.165, 1.54) is 19.4 Å². The second-order valence-electron chi connectivity index (χ2n) is 5.19. The predicted octanol–water partition coefficient (Wildman–Crippen LogP) is -0.627. The summed E-state index contributed by atoms with van der Waals surface area (Å²) in [5.74, 6) is -0.188. The van der Waals surface area contributed by atoms with Gasteiger partial charge in [-0.05, 0) is 13.0 Å². The molecule has 0 aliphatic carbocycles. The van der Waals surface area contributed by atoms with Crippen LogP contribution in [-0.2, 0) is 14.8 Å². The van der Waals surface area contributed by atoms with Crippen molar-refractivity contribution in [3.63, 3.8) is 0 Å². The van der Waals surface area contributed by atoms with Crippen LogP contribution in [0.2, 0.25) is 0 Å². The van der Waals surface area contributed by atoms with Crippen molar-refractivity contribution in [1.29, 1.82) is 0 Å². The Morgan fingerprint density at radius 2 is 2.32 bits per heavy atom. The standard InChI is InChI=1S/C13H22N4O4S/c1-10-8-14-3-5-17(10)13(18)12-7-11(9-15-12)22(19,20)16-4-6-21-2/h7,9-10,14-16H,3-6,8H2,1-2H3/t10-/m0/s1. The smallest absolute Gasteiger partial charge is 0.270 e. The topological polar surface area (TPSA) is 104 Å². The molecule has 0 aromatic carbocycles. The zero-order valence-corrected chi connectivity index (χ0v) is 13.6. The molecule has 1 saturated heterocycles. The summed E-state index contributed by atoms with van der Waals surface area (Å²) in [6.07, 6.45) is 1.33. The fourth-order valence-electron chi connectivity index (χ4n) is 2.31. The average Bonchev–Trinajstić information content (AvgIpc) is 2.98. The fraction of sp³-hybridized carbons (Fsp3) is 0.615. The number of piperazine rings is 1. The van der Waals surface area contributed by atoms with E-state index >= 15 is 0 Å². The number of H-pyrrole nitrogens is 1. The van der Waals surface area contributed by atoms with Gasteiger partial charge in [-0.2, -0.15) is 0 Å². The molecular weight excluding hydrogens is 308 g/mol. The molecule has 0 unspecified atom stereocenters. The Kier molecular flexibility index (Phi) is 5.57. The highest BCUT2D eigenvalue weighted by molar-refractivity contribution is 7.89. The molecular formula is C13H22N4O4S. The Bertz CT molecular complexity index is 613. The van der Waals surface area contributed by atoms with Crippen LogP contribution >= 0.6 is 0 Å². The van der Waals surface area contributed by atoms with Gasteiger partial charge in [-0.1, -0.05) is 0 Å². The van der Waals surface area contributed by atoms with E-state index in [9.17, 15) is 13.2 Å². The van der Waals surface area contributed by atoms with Crippen molar-refractivity contribution >= 4 is 15.9 Å². The number of sulfonamides is 1. The van der Waals surface area contributed by atoms with Gasteiger partial charge >= 0.3 is 0 Å². The molecule has 8 nitrogen and oxygen atoms in total. The zero-order chi connectivity index (χ0) is 16.2. The number of rotatable bonds is 6. The van der Waals surface area contributed by atoms with Crippen molar-refractivity contribution in [2.45, 2.75) is 17.9 Å². The Hall–Kier alpha value is -1.42. The van der Waals surface area contributed by atoms with Crippen molar-refractivity contribution in [1.82, 2.24) is 19.9 Å². The third kappa shape index (κ3) is 3.86.